The highest BCUT2D eigenvalue weighted by molar-refractivity contribution is 5.89. The summed E-state index contributed by atoms with van der Waals surface area (Å²) >= 11 is 0. The first-order chi connectivity index (χ1) is 14.0. The molecule has 7 heteroatoms. The number of methoxy groups -OCH3 is 1. The molecule has 0 amide bonds. The summed E-state index contributed by atoms with van der Waals surface area (Å²) < 4.78 is 4.74. The summed E-state index contributed by atoms with van der Waals surface area (Å²) in [5, 5.41) is 6.63. The van der Waals surface area contributed by atoms with Crippen molar-refractivity contribution >= 4 is 23.3 Å². The van der Waals surface area contributed by atoms with Crippen LogP contribution in [0.3, 0.4) is 0 Å². The number of carbonyl (C=O) groups excluding carboxylic acids is 1. The molecule has 0 unspecified atom stereocenters. The van der Waals surface area contributed by atoms with Gasteiger partial charge in [-0.25, -0.2) is 14.8 Å². The summed E-state index contributed by atoms with van der Waals surface area (Å²) in [6.45, 7) is 1.66. The zero-order chi connectivity index (χ0) is 20.6. The van der Waals surface area contributed by atoms with Gasteiger partial charge in [0.05, 0.1) is 12.7 Å². The number of esters is 1. The Bertz CT molecular complexity index is 943. The van der Waals surface area contributed by atoms with Gasteiger partial charge in [0.25, 0.3) is 0 Å². The van der Waals surface area contributed by atoms with E-state index >= 15 is 0 Å². The standard InChI is InChI=1S/C22H25N5O2/c1-27(2)14-13-23-19-15-20(26-21(25-19)16-7-5-4-6-8-16)24-18-11-9-17(10-12-18)22(28)29-3/h4-12,15H,13-14H2,1-3H3,(H2,23,24,25,26). The van der Waals surface area contributed by atoms with Crippen molar-refractivity contribution in [1.29, 1.82) is 0 Å². The number of benzene rings is 2. The summed E-state index contributed by atoms with van der Waals surface area (Å²) in [4.78, 5) is 23.0. The summed E-state index contributed by atoms with van der Waals surface area (Å²) in [5.41, 5.74) is 2.25. The average molecular weight is 391 g/mol. The fourth-order valence-corrected chi connectivity index (χ4v) is 2.68. The first-order valence-electron chi connectivity index (χ1n) is 9.33. The molecule has 0 atom stereocenters. The maximum absolute atomic E-state index is 11.6. The smallest absolute Gasteiger partial charge is 0.337 e. The van der Waals surface area contributed by atoms with Gasteiger partial charge in [0.15, 0.2) is 5.82 Å². The van der Waals surface area contributed by atoms with Crippen molar-refractivity contribution in [1.82, 2.24) is 14.9 Å². The van der Waals surface area contributed by atoms with Crippen LogP contribution >= 0.6 is 0 Å². The summed E-state index contributed by atoms with van der Waals surface area (Å²) in [7, 11) is 5.43. The monoisotopic (exact) mass is 391 g/mol. The zero-order valence-corrected chi connectivity index (χ0v) is 16.8. The van der Waals surface area contributed by atoms with E-state index in [0.29, 0.717) is 17.2 Å². The lowest BCUT2D eigenvalue weighted by Crippen LogP contribution is -2.21. The Hall–Kier alpha value is -3.45. The van der Waals surface area contributed by atoms with Gasteiger partial charge >= 0.3 is 5.97 Å². The second-order valence-electron chi connectivity index (χ2n) is 6.75. The number of aromatic nitrogens is 2. The van der Waals surface area contributed by atoms with Gasteiger partial charge in [-0.05, 0) is 38.4 Å². The third-order valence-corrected chi connectivity index (χ3v) is 4.20. The summed E-state index contributed by atoms with van der Waals surface area (Å²) in [5.74, 6) is 1.68. The predicted molar refractivity (Wildman–Crippen MR) is 116 cm³/mol. The third kappa shape index (κ3) is 5.76. The second-order valence-corrected chi connectivity index (χ2v) is 6.75. The van der Waals surface area contributed by atoms with Crippen molar-refractivity contribution < 1.29 is 9.53 Å². The number of nitrogens with one attached hydrogen (secondary N) is 2. The molecule has 2 aromatic carbocycles. The Kier molecular flexibility index (Phi) is 6.76. The Morgan fingerprint density at radius 1 is 1.00 bits per heavy atom. The van der Waals surface area contributed by atoms with Crippen molar-refractivity contribution in [3.63, 3.8) is 0 Å². The van der Waals surface area contributed by atoms with Gasteiger partial charge in [0.2, 0.25) is 0 Å². The van der Waals surface area contributed by atoms with Crippen LogP contribution in [0, 0.1) is 0 Å². The van der Waals surface area contributed by atoms with Crippen LogP contribution in [0.2, 0.25) is 0 Å². The molecule has 29 heavy (non-hydrogen) atoms. The first kappa shape index (κ1) is 20.3. The average Bonchev–Trinajstić information content (AvgIpc) is 2.74. The van der Waals surface area contributed by atoms with Crippen molar-refractivity contribution in [2.24, 2.45) is 0 Å². The molecule has 0 radical (unpaired) electrons. The van der Waals surface area contributed by atoms with Crippen LogP contribution in [-0.2, 0) is 4.74 Å². The van der Waals surface area contributed by atoms with Gasteiger partial charge in [0.1, 0.15) is 11.6 Å². The molecule has 3 aromatic rings. The van der Waals surface area contributed by atoms with Crippen molar-refractivity contribution in [3.05, 3.63) is 66.2 Å². The Morgan fingerprint density at radius 2 is 1.69 bits per heavy atom. The molecule has 150 valence electrons. The van der Waals surface area contributed by atoms with Gasteiger partial charge in [-0.1, -0.05) is 30.3 Å². The molecule has 0 saturated carbocycles. The van der Waals surface area contributed by atoms with Gasteiger partial charge < -0.3 is 20.3 Å². The number of carbonyl (C=O) groups is 1. The number of hydrogen-bond donors (Lipinski definition) is 2. The lowest BCUT2D eigenvalue weighted by Gasteiger charge is -2.14. The van der Waals surface area contributed by atoms with Crippen LogP contribution in [0.4, 0.5) is 17.3 Å². The number of nitrogens with zero attached hydrogens (tertiary/aromatic N) is 3. The van der Waals surface area contributed by atoms with Crippen LogP contribution < -0.4 is 10.6 Å². The fraction of sp³-hybridized carbons (Fsp3) is 0.227. The Balaban J connectivity index is 1.85. The maximum atomic E-state index is 11.6. The molecular weight excluding hydrogens is 366 g/mol. The number of rotatable bonds is 8. The lowest BCUT2D eigenvalue weighted by atomic mass is 10.2. The molecule has 0 fully saturated rings. The molecule has 0 aliphatic rings. The van der Waals surface area contributed by atoms with Crippen molar-refractivity contribution in [2.75, 3.05) is 44.9 Å². The van der Waals surface area contributed by atoms with Gasteiger partial charge in [-0.15, -0.1) is 0 Å². The van der Waals surface area contributed by atoms with E-state index < -0.39 is 0 Å². The molecule has 7 nitrogen and oxygen atoms in total. The molecule has 2 N–H and O–H groups in total. The van der Waals surface area contributed by atoms with Gasteiger partial charge in [-0.3, -0.25) is 0 Å². The quantitative estimate of drug-likeness (QED) is 0.568. The second kappa shape index (κ2) is 9.66. The molecule has 0 bridgehead atoms. The van der Waals surface area contributed by atoms with Crippen molar-refractivity contribution in [3.8, 4) is 11.4 Å². The van der Waals surface area contributed by atoms with Crippen LogP contribution in [0.15, 0.2) is 60.7 Å². The SMILES string of the molecule is COC(=O)c1ccc(Nc2cc(NCCN(C)C)nc(-c3ccccc3)n2)cc1. The molecule has 3 rings (SSSR count). The predicted octanol–water partition coefficient (Wildman–Crippen LogP) is 3.65. The highest BCUT2D eigenvalue weighted by Crippen LogP contribution is 2.23. The zero-order valence-electron chi connectivity index (χ0n) is 16.8. The summed E-state index contributed by atoms with van der Waals surface area (Å²) in [6, 6.07) is 18.8. The number of anilines is 3. The molecular formula is C22H25N5O2. The van der Waals surface area contributed by atoms with E-state index in [1.165, 1.54) is 7.11 Å². The number of hydrogen-bond acceptors (Lipinski definition) is 7. The van der Waals surface area contributed by atoms with Crippen LogP contribution in [0.1, 0.15) is 10.4 Å². The highest BCUT2D eigenvalue weighted by Gasteiger charge is 2.09. The van der Waals surface area contributed by atoms with Crippen LogP contribution in [0.25, 0.3) is 11.4 Å². The van der Waals surface area contributed by atoms with Crippen molar-refractivity contribution in [2.45, 2.75) is 0 Å². The lowest BCUT2D eigenvalue weighted by molar-refractivity contribution is 0.0601. The Labute approximate surface area is 170 Å². The largest absolute Gasteiger partial charge is 0.465 e. The number of likely N-dealkylation sites (N-methyl/N-ethyl adjacent to an activating group) is 1. The summed E-state index contributed by atoms with van der Waals surface area (Å²) in [6.07, 6.45) is 0. The Morgan fingerprint density at radius 3 is 2.34 bits per heavy atom. The fourth-order valence-electron chi connectivity index (χ4n) is 2.68. The molecule has 1 heterocycles. The van der Waals surface area contributed by atoms with E-state index in [1.54, 1.807) is 12.1 Å². The minimum Gasteiger partial charge on any atom is -0.465 e. The van der Waals surface area contributed by atoms with E-state index in [1.807, 2.05) is 62.6 Å². The molecule has 0 aliphatic carbocycles. The van der Waals surface area contributed by atoms with E-state index in [9.17, 15) is 4.79 Å². The molecule has 0 aliphatic heterocycles. The molecule has 1 aromatic heterocycles. The van der Waals surface area contributed by atoms with E-state index in [-0.39, 0.29) is 5.97 Å². The maximum Gasteiger partial charge on any atom is 0.337 e. The van der Waals surface area contributed by atoms with E-state index in [4.69, 9.17) is 4.74 Å². The molecule has 0 spiro atoms. The van der Waals surface area contributed by atoms with Gasteiger partial charge in [-0.2, -0.15) is 0 Å². The number of ether oxygens (including phenoxy) is 1. The van der Waals surface area contributed by atoms with Gasteiger partial charge in [0, 0.05) is 30.4 Å². The normalized spacial score (nSPS) is 10.6. The highest BCUT2D eigenvalue weighted by atomic mass is 16.5. The third-order valence-electron chi connectivity index (χ3n) is 4.20. The van der Waals surface area contributed by atoms with E-state index in [2.05, 4.69) is 25.5 Å². The van der Waals surface area contributed by atoms with Crippen LogP contribution in [-0.4, -0.2) is 55.1 Å². The minimum absolute atomic E-state index is 0.364. The van der Waals surface area contributed by atoms with E-state index in [0.717, 1.165) is 30.2 Å². The first-order valence-corrected chi connectivity index (χ1v) is 9.33. The minimum atomic E-state index is -0.364. The topological polar surface area (TPSA) is 79.4 Å². The van der Waals surface area contributed by atoms with Crippen LogP contribution in [0.5, 0.6) is 0 Å². The molecule has 0 saturated heterocycles.